The Bertz CT molecular complexity index is 1290. The summed E-state index contributed by atoms with van der Waals surface area (Å²) in [7, 11) is -0.697. The molecule has 5 heteroatoms. The lowest BCUT2D eigenvalue weighted by atomic mass is 10.2. The molecule has 0 aliphatic heterocycles. The number of carbonyl (C=O) groups excluding carboxylic acids is 1. The van der Waals surface area contributed by atoms with E-state index in [1.807, 2.05) is 24.3 Å². The highest BCUT2D eigenvalue weighted by Gasteiger charge is 2.46. The van der Waals surface area contributed by atoms with Gasteiger partial charge in [0.2, 0.25) is 0 Å². The Kier molecular flexibility index (Phi) is 7.31. The number of para-hydroxylation sites is 1. The first-order valence-electron chi connectivity index (χ1n) is 11.0. The summed E-state index contributed by atoms with van der Waals surface area (Å²) >= 11 is 0. The highest BCUT2D eigenvalue weighted by atomic mass is 79.9. The Morgan fingerprint density at radius 2 is 1.15 bits per heavy atom. The van der Waals surface area contributed by atoms with Gasteiger partial charge in [0.25, 0.3) is 0 Å². The van der Waals surface area contributed by atoms with Gasteiger partial charge in [-0.25, -0.2) is 9.36 Å². The second-order valence-electron chi connectivity index (χ2n) is 7.97. The van der Waals surface area contributed by atoms with Crippen LogP contribution in [0.3, 0.4) is 0 Å². The molecule has 1 heterocycles. The second kappa shape index (κ2) is 10.4. The number of rotatable bonds is 5. The summed E-state index contributed by atoms with van der Waals surface area (Å²) in [6.45, 7) is 0. The smallest absolute Gasteiger partial charge is 0.418 e. The van der Waals surface area contributed by atoms with Gasteiger partial charge in [-0.2, -0.15) is 0 Å². The maximum Gasteiger partial charge on any atom is 0.418 e. The fraction of sp³-hybridized carbons (Fsp3) is 0.0690. The van der Waals surface area contributed by atoms with Crippen molar-refractivity contribution < 1.29 is 26.5 Å². The molecule has 0 amide bonds. The van der Waals surface area contributed by atoms with Crippen LogP contribution in [0.25, 0.3) is 10.9 Å². The lowest BCUT2D eigenvalue weighted by Gasteiger charge is -2.28. The molecule has 5 aromatic rings. The molecule has 0 atom stereocenters. The van der Waals surface area contributed by atoms with E-state index in [2.05, 4.69) is 97.1 Å². The monoisotopic (exact) mass is 529 g/mol. The van der Waals surface area contributed by atoms with E-state index in [0.29, 0.717) is 6.16 Å². The summed E-state index contributed by atoms with van der Waals surface area (Å²) in [6, 6.07) is 42.2. The largest absolute Gasteiger partial charge is 1.00 e. The molecule has 0 bridgehead atoms. The van der Waals surface area contributed by atoms with Crippen LogP contribution in [0.2, 0.25) is 0 Å². The maximum atomic E-state index is 13.0. The van der Waals surface area contributed by atoms with Crippen LogP contribution in [-0.4, -0.2) is 17.8 Å². The van der Waals surface area contributed by atoms with Gasteiger partial charge in [-0.1, -0.05) is 72.8 Å². The molecular weight excluding hydrogens is 505 g/mol. The van der Waals surface area contributed by atoms with Gasteiger partial charge in [-0.15, -0.1) is 0 Å². The summed E-state index contributed by atoms with van der Waals surface area (Å²) in [6.07, 6.45) is 0.341. The number of methoxy groups -OCH3 is 1. The first-order chi connectivity index (χ1) is 16.2. The average molecular weight is 530 g/mol. The second-order valence-corrected chi connectivity index (χ2v) is 11.5. The summed E-state index contributed by atoms with van der Waals surface area (Å²) in [4.78, 5) is 13.0. The third kappa shape index (κ3) is 4.20. The van der Waals surface area contributed by atoms with E-state index in [4.69, 9.17) is 4.74 Å². The van der Waals surface area contributed by atoms with Crippen molar-refractivity contribution in [2.24, 2.45) is 0 Å². The number of fused-ring (bicyclic) bond motifs is 1. The van der Waals surface area contributed by atoms with Crippen LogP contribution < -0.4 is 32.9 Å². The van der Waals surface area contributed by atoms with E-state index in [-0.39, 0.29) is 23.1 Å². The minimum atomic E-state index is -2.14. The third-order valence-electron chi connectivity index (χ3n) is 6.13. The van der Waals surface area contributed by atoms with Crippen molar-refractivity contribution in [2.75, 3.05) is 7.11 Å². The topological polar surface area (TPSA) is 31.2 Å². The number of hydrogen-bond acceptors (Lipinski definition) is 2. The van der Waals surface area contributed by atoms with E-state index in [1.54, 1.807) is 4.57 Å². The van der Waals surface area contributed by atoms with E-state index >= 15 is 0 Å². The molecule has 34 heavy (non-hydrogen) atoms. The first kappa shape index (κ1) is 23.9. The number of hydrogen-bond donors (Lipinski definition) is 0. The van der Waals surface area contributed by atoms with Gasteiger partial charge in [0.1, 0.15) is 29.3 Å². The minimum absolute atomic E-state index is 0. The standard InChI is InChI=1S/C29H25NO2P.BrH/c1-32-29(31)30-24(21-23-13-11-12-20-28(23)30)22-33(25-14-5-2-6-15-25,26-16-7-3-8-17-26)27-18-9-4-10-19-27;/h2-21H,22H2,1H3;1H/q+1;/p-1. The van der Waals surface area contributed by atoms with Crippen LogP contribution in [0.4, 0.5) is 4.79 Å². The fourth-order valence-electron chi connectivity index (χ4n) is 4.65. The van der Waals surface area contributed by atoms with E-state index in [0.717, 1.165) is 16.6 Å². The van der Waals surface area contributed by atoms with Gasteiger partial charge < -0.3 is 21.7 Å². The van der Waals surface area contributed by atoms with Crippen molar-refractivity contribution >= 4 is 40.2 Å². The number of carbonyl (C=O) groups is 1. The van der Waals surface area contributed by atoms with Crippen LogP contribution in [-0.2, 0) is 10.9 Å². The number of benzene rings is 4. The Labute approximate surface area is 211 Å². The summed E-state index contributed by atoms with van der Waals surface area (Å²) in [5.41, 5.74) is 1.82. The third-order valence-corrected chi connectivity index (χ3v) is 10.5. The average Bonchev–Trinajstić information content (AvgIpc) is 3.26. The van der Waals surface area contributed by atoms with Crippen LogP contribution in [0.1, 0.15) is 5.69 Å². The molecule has 0 aliphatic rings. The zero-order valence-electron chi connectivity index (χ0n) is 18.8. The molecule has 0 spiro atoms. The molecular formula is C29H25BrNO2P. The SMILES string of the molecule is COC(=O)n1c(C[P+](c2ccccc2)(c2ccccc2)c2ccccc2)cc2ccccc21.[Br-]. The summed E-state index contributed by atoms with van der Waals surface area (Å²) in [5, 5.41) is 4.88. The van der Waals surface area contributed by atoms with Crippen LogP contribution in [0.15, 0.2) is 121 Å². The summed E-state index contributed by atoms with van der Waals surface area (Å²) in [5.74, 6) is 0. The lowest BCUT2D eigenvalue weighted by Crippen LogP contribution is -3.00. The molecule has 5 rings (SSSR count). The van der Waals surface area contributed by atoms with E-state index in [9.17, 15) is 4.79 Å². The fourth-order valence-corrected chi connectivity index (χ4v) is 8.85. The van der Waals surface area contributed by atoms with Crippen molar-refractivity contribution in [1.82, 2.24) is 4.57 Å². The Hall–Kier alpha value is -3.20. The molecule has 4 aromatic carbocycles. The molecule has 0 aliphatic carbocycles. The highest BCUT2D eigenvalue weighted by molar-refractivity contribution is 7.95. The molecule has 0 N–H and O–H groups in total. The normalized spacial score (nSPS) is 11.1. The van der Waals surface area contributed by atoms with E-state index in [1.165, 1.54) is 23.0 Å². The van der Waals surface area contributed by atoms with Crippen LogP contribution in [0, 0.1) is 0 Å². The Morgan fingerprint density at radius 3 is 1.62 bits per heavy atom. The van der Waals surface area contributed by atoms with Crippen molar-refractivity contribution in [2.45, 2.75) is 6.16 Å². The van der Waals surface area contributed by atoms with E-state index < -0.39 is 7.26 Å². The zero-order valence-corrected chi connectivity index (χ0v) is 21.3. The van der Waals surface area contributed by atoms with Gasteiger partial charge in [-0.3, -0.25) is 0 Å². The minimum Gasteiger partial charge on any atom is -1.00 e. The first-order valence-corrected chi connectivity index (χ1v) is 12.9. The van der Waals surface area contributed by atoms with Gasteiger partial charge >= 0.3 is 6.09 Å². The van der Waals surface area contributed by atoms with Crippen LogP contribution in [0.5, 0.6) is 0 Å². The number of halogens is 1. The van der Waals surface area contributed by atoms with Crippen molar-refractivity contribution in [3.05, 3.63) is 127 Å². The molecule has 170 valence electrons. The van der Waals surface area contributed by atoms with Gasteiger partial charge in [0.15, 0.2) is 0 Å². The molecule has 1 aromatic heterocycles. The number of ether oxygens (including phenoxy) is 1. The Morgan fingerprint density at radius 1 is 0.706 bits per heavy atom. The summed E-state index contributed by atoms with van der Waals surface area (Å²) < 4.78 is 6.95. The van der Waals surface area contributed by atoms with Crippen LogP contribution >= 0.6 is 7.26 Å². The molecule has 0 saturated carbocycles. The number of nitrogens with zero attached hydrogens (tertiary/aromatic N) is 1. The van der Waals surface area contributed by atoms with Crippen molar-refractivity contribution in [1.29, 1.82) is 0 Å². The van der Waals surface area contributed by atoms with Crippen molar-refractivity contribution in [3.63, 3.8) is 0 Å². The molecule has 0 fully saturated rings. The zero-order chi connectivity index (χ0) is 22.7. The number of aromatic nitrogens is 1. The predicted molar refractivity (Wildman–Crippen MR) is 139 cm³/mol. The maximum absolute atomic E-state index is 13.0. The highest BCUT2D eigenvalue weighted by Crippen LogP contribution is 2.58. The van der Waals surface area contributed by atoms with Gasteiger partial charge in [0, 0.05) is 5.39 Å². The lowest BCUT2D eigenvalue weighted by molar-refractivity contribution is -0.0000116. The van der Waals surface area contributed by atoms with Gasteiger partial charge in [0.05, 0.1) is 18.3 Å². The van der Waals surface area contributed by atoms with Crippen molar-refractivity contribution in [3.8, 4) is 0 Å². The molecule has 0 saturated heterocycles. The van der Waals surface area contributed by atoms with Gasteiger partial charge in [-0.05, 0) is 48.5 Å². The molecule has 3 nitrogen and oxygen atoms in total. The molecule has 0 unspecified atom stereocenters. The Balaban J connectivity index is 0.00000274. The quantitative estimate of drug-likeness (QED) is 0.328. The predicted octanol–water partition coefficient (Wildman–Crippen LogP) is 2.75. The molecule has 0 radical (unpaired) electrons.